The Hall–Kier alpha value is -2.62. The number of nitrogen functional groups attached to an aromatic ring is 1. The molecule has 7 heteroatoms. The van der Waals surface area contributed by atoms with Crippen LogP contribution < -0.4 is 5.73 Å². The first-order valence-corrected chi connectivity index (χ1v) is 5.58. The fraction of sp³-hybridized carbons (Fsp3) is 0.154. The molecule has 0 saturated heterocycles. The van der Waals surface area contributed by atoms with E-state index in [1.807, 2.05) is 6.07 Å². The van der Waals surface area contributed by atoms with Crippen molar-refractivity contribution in [2.75, 3.05) is 5.73 Å². The van der Waals surface area contributed by atoms with Crippen LogP contribution in [-0.2, 0) is 12.6 Å². The Morgan fingerprint density at radius 2 is 2.05 bits per heavy atom. The second kappa shape index (κ2) is 5.17. The molecule has 0 amide bonds. The molecule has 0 atom stereocenters. The van der Waals surface area contributed by atoms with Crippen molar-refractivity contribution in [1.29, 1.82) is 5.26 Å². The number of aromatic nitrogens is 2. The minimum atomic E-state index is -4.39. The van der Waals surface area contributed by atoms with Crippen LogP contribution in [0, 0.1) is 11.3 Å². The molecule has 1 heterocycles. The quantitative estimate of drug-likeness (QED) is 0.915. The minimum Gasteiger partial charge on any atom is -0.382 e. The lowest BCUT2D eigenvalue weighted by Crippen LogP contribution is -2.06. The Morgan fingerprint density at radius 1 is 1.30 bits per heavy atom. The van der Waals surface area contributed by atoms with Crippen molar-refractivity contribution in [3.05, 3.63) is 53.0 Å². The molecular weight excluding hydrogens is 269 g/mol. The average Bonchev–Trinajstić information content (AvgIpc) is 2.38. The third-order valence-corrected chi connectivity index (χ3v) is 2.61. The van der Waals surface area contributed by atoms with Crippen LogP contribution in [0.3, 0.4) is 0 Å². The summed E-state index contributed by atoms with van der Waals surface area (Å²) in [5, 5.41) is 8.69. The molecule has 102 valence electrons. The first-order chi connectivity index (χ1) is 9.40. The Labute approximate surface area is 112 Å². The Kier molecular flexibility index (Phi) is 3.57. The van der Waals surface area contributed by atoms with E-state index in [0.29, 0.717) is 5.56 Å². The Morgan fingerprint density at radius 3 is 2.65 bits per heavy atom. The third-order valence-electron chi connectivity index (χ3n) is 2.61. The van der Waals surface area contributed by atoms with E-state index in [2.05, 4.69) is 9.97 Å². The maximum absolute atomic E-state index is 12.6. The molecule has 2 aromatic rings. The van der Waals surface area contributed by atoms with Gasteiger partial charge in [-0.05, 0) is 11.6 Å². The molecular formula is C13H9F3N4. The van der Waals surface area contributed by atoms with Crippen LogP contribution in [0.25, 0.3) is 0 Å². The smallest absolute Gasteiger partial charge is 0.382 e. The number of nitriles is 1. The number of hydrogen-bond acceptors (Lipinski definition) is 4. The lowest BCUT2D eigenvalue weighted by atomic mass is 10.1. The Balaban J connectivity index is 2.27. The summed E-state index contributed by atoms with van der Waals surface area (Å²) in [6, 6.07) is 6.73. The summed E-state index contributed by atoms with van der Waals surface area (Å²) in [6.45, 7) is 0. The van der Waals surface area contributed by atoms with Gasteiger partial charge in [-0.3, -0.25) is 0 Å². The number of halogens is 3. The van der Waals surface area contributed by atoms with Crippen LogP contribution >= 0.6 is 0 Å². The standard InChI is InChI=1S/C13H9F3N4/c14-13(15,16)10-3-1-2-8(4-10)5-11-19-7-9(6-17)12(18)20-11/h1-4,7H,5H2,(H2,18,19,20). The number of benzene rings is 1. The van der Waals surface area contributed by atoms with Crippen molar-refractivity contribution in [3.63, 3.8) is 0 Å². The van der Waals surface area contributed by atoms with Crippen LogP contribution in [-0.4, -0.2) is 9.97 Å². The van der Waals surface area contributed by atoms with Gasteiger partial charge < -0.3 is 5.73 Å². The summed E-state index contributed by atoms with van der Waals surface area (Å²) in [5.41, 5.74) is 5.36. The summed E-state index contributed by atoms with van der Waals surface area (Å²) in [5.74, 6) is 0.283. The number of hydrogen-bond donors (Lipinski definition) is 1. The highest BCUT2D eigenvalue weighted by atomic mass is 19.4. The van der Waals surface area contributed by atoms with E-state index in [9.17, 15) is 13.2 Å². The molecule has 0 aliphatic rings. The summed E-state index contributed by atoms with van der Waals surface area (Å²) < 4.78 is 37.7. The first-order valence-electron chi connectivity index (χ1n) is 5.58. The predicted octanol–water partition coefficient (Wildman–Crippen LogP) is 2.54. The van der Waals surface area contributed by atoms with Crippen molar-refractivity contribution >= 4 is 5.82 Å². The van der Waals surface area contributed by atoms with Gasteiger partial charge in [0.2, 0.25) is 0 Å². The maximum Gasteiger partial charge on any atom is 0.416 e. The topological polar surface area (TPSA) is 75.6 Å². The zero-order valence-corrected chi connectivity index (χ0v) is 10.1. The van der Waals surface area contributed by atoms with Gasteiger partial charge in [-0.1, -0.05) is 18.2 Å². The fourth-order valence-electron chi connectivity index (χ4n) is 1.64. The monoisotopic (exact) mass is 278 g/mol. The van der Waals surface area contributed by atoms with Crippen molar-refractivity contribution in [2.45, 2.75) is 12.6 Å². The summed E-state index contributed by atoms with van der Waals surface area (Å²) in [6.07, 6.45) is -3.02. The van der Waals surface area contributed by atoms with E-state index in [1.165, 1.54) is 12.3 Å². The molecule has 1 aromatic carbocycles. The molecule has 20 heavy (non-hydrogen) atoms. The molecule has 0 radical (unpaired) electrons. The SMILES string of the molecule is N#Cc1cnc(Cc2cccc(C(F)(F)F)c2)nc1N. The van der Waals surface area contributed by atoms with E-state index >= 15 is 0 Å². The normalized spacial score (nSPS) is 11.1. The van der Waals surface area contributed by atoms with Crippen LogP contribution in [0.2, 0.25) is 0 Å². The van der Waals surface area contributed by atoms with Gasteiger partial charge in [0.15, 0.2) is 0 Å². The predicted molar refractivity (Wildman–Crippen MR) is 65.4 cm³/mol. The molecule has 0 aliphatic heterocycles. The van der Waals surface area contributed by atoms with Gasteiger partial charge in [-0.2, -0.15) is 18.4 Å². The Bertz CT molecular complexity index is 674. The maximum atomic E-state index is 12.6. The average molecular weight is 278 g/mol. The minimum absolute atomic E-state index is 0.0180. The highest BCUT2D eigenvalue weighted by Gasteiger charge is 2.30. The number of rotatable bonds is 2. The molecule has 2 rings (SSSR count). The molecule has 0 aliphatic carbocycles. The van der Waals surface area contributed by atoms with Gasteiger partial charge in [0, 0.05) is 6.42 Å². The van der Waals surface area contributed by atoms with E-state index in [1.54, 1.807) is 6.07 Å². The number of nitrogens with two attached hydrogens (primary N) is 1. The highest BCUT2D eigenvalue weighted by molar-refractivity contribution is 5.46. The highest BCUT2D eigenvalue weighted by Crippen LogP contribution is 2.29. The molecule has 0 saturated carbocycles. The van der Waals surface area contributed by atoms with E-state index in [-0.39, 0.29) is 23.6 Å². The van der Waals surface area contributed by atoms with Crippen LogP contribution in [0.15, 0.2) is 30.5 Å². The van der Waals surface area contributed by atoms with E-state index in [0.717, 1.165) is 12.1 Å². The van der Waals surface area contributed by atoms with Gasteiger partial charge >= 0.3 is 6.18 Å². The molecule has 2 N–H and O–H groups in total. The molecule has 0 bridgehead atoms. The first kappa shape index (κ1) is 13.8. The molecule has 0 unspecified atom stereocenters. The zero-order chi connectivity index (χ0) is 14.8. The van der Waals surface area contributed by atoms with E-state index in [4.69, 9.17) is 11.0 Å². The molecule has 0 fully saturated rings. The number of alkyl halides is 3. The van der Waals surface area contributed by atoms with Crippen molar-refractivity contribution in [2.24, 2.45) is 0 Å². The number of nitrogens with zero attached hydrogens (tertiary/aromatic N) is 3. The van der Waals surface area contributed by atoms with Crippen molar-refractivity contribution < 1.29 is 13.2 Å². The summed E-state index contributed by atoms with van der Waals surface area (Å²) >= 11 is 0. The summed E-state index contributed by atoms with van der Waals surface area (Å²) in [7, 11) is 0. The lowest BCUT2D eigenvalue weighted by Gasteiger charge is -2.08. The van der Waals surface area contributed by atoms with Gasteiger partial charge in [0.05, 0.1) is 11.8 Å². The summed E-state index contributed by atoms with van der Waals surface area (Å²) in [4.78, 5) is 7.80. The molecule has 1 aromatic heterocycles. The fourth-order valence-corrected chi connectivity index (χ4v) is 1.64. The van der Waals surface area contributed by atoms with Crippen molar-refractivity contribution in [3.8, 4) is 6.07 Å². The lowest BCUT2D eigenvalue weighted by molar-refractivity contribution is -0.137. The second-order valence-corrected chi connectivity index (χ2v) is 4.07. The van der Waals surface area contributed by atoms with Crippen LogP contribution in [0.4, 0.5) is 19.0 Å². The van der Waals surface area contributed by atoms with Gasteiger partial charge in [0.1, 0.15) is 23.3 Å². The number of anilines is 1. The van der Waals surface area contributed by atoms with Gasteiger partial charge in [0.25, 0.3) is 0 Å². The van der Waals surface area contributed by atoms with Crippen molar-refractivity contribution in [1.82, 2.24) is 9.97 Å². The van der Waals surface area contributed by atoms with Gasteiger partial charge in [-0.15, -0.1) is 0 Å². The molecule has 4 nitrogen and oxygen atoms in total. The largest absolute Gasteiger partial charge is 0.416 e. The second-order valence-electron chi connectivity index (χ2n) is 4.07. The van der Waals surface area contributed by atoms with Crippen LogP contribution in [0.5, 0.6) is 0 Å². The third kappa shape index (κ3) is 3.03. The zero-order valence-electron chi connectivity index (χ0n) is 10.1. The van der Waals surface area contributed by atoms with Gasteiger partial charge in [-0.25, -0.2) is 9.97 Å². The van der Waals surface area contributed by atoms with E-state index < -0.39 is 11.7 Å². The van der Waals surface area contributed by atoms with Crippen LogP contribution in [0.1, 0.15) is 22.5 Å². The molecule has 0 spiro atoms.